The highest BCUT2D eigenvalue weighted by atomic mass is 79.9. The quantitative estimate of drug-likeness (QED) is 0.626. The van der Waals surface area contributed by atoms with Gasteiger partial charge >= 0.3 is 0 Å². The van der Waals surface area contributed by atoms with Gasteiger partial charge in [-0.3, -0.25) is 10.1 Å². The second-order valence-electron chi connectivity index (χ2n) is 4.11. The molecule has 1 N–H and O–H groups in total. The van der Waals surface area contributed by atoms with Crippen LogP contribution in [-0.2, 0) is 0 Å². The third-order valence-electron chi connectivity index (χ3n) is 2.64. The van der Waals surface area contributed by atoms with Crippen LogP contribution < -0.4 is 5.32 Å². The molecular weight excluding hydrogens is 420 g/mol. The van der Waals surface area contributed by atoms with E-state index in [9.17, 15) is 4.79 Å². The Labute approximate surface area is 141 Å². The van der Waals surface area contributed by atoms with E-state index in [2.05, 4.69) is 42.2 Å². The van der Waals surface area contributed by atoms with Crippen molar-refractivity contribution < 1.29 is 9.21 Å². The Hall–Kier alpha value is -1.44. The van der Waals surface area contributed by atoms with E-state index >= 15 is 0 Å². The van der Waals surface area contributed by atoms with Crippen molar-refractivity contribution in [3.8, 4) is 11.3 Å². The highest BCUT2D eigenvalue weighted by molar-refractivity contribution is 9.10. The summed E-state index contributed by atoms with van der Waals surface area (Å²) < 4.78 is 6.70. The van der Waals surface area contributed by atoms with E-state index in [-0.39, 0.29) is 11.7 Å². The Kier molecular flexibility index (Phi) is 4.23. The van der Waals surface area contributed by atoms with Crippen LogP contribution in [0.4, 0.5) is 5.13 Å². The first-order valence-corrected chi connectivity index (χ1v) is 8.36. The number of nitrogens with zero attached hydrogens (tertiary/aromatic N) is 1. The maximum absolute atomic E-state index is 12.0. The first-order chi connectivity index (χ1) is 10.1. The Morgan fingerprint density at radius 3 is 2.81 bits per heavy atom. The number of halogens is 2. The van der Waals surface area contributed by atoms with Crippen molar-refractivity contribution in [1.29, 1.82) is 0 Å². The molecule has 0 radical (unpaired) electrons. The van der Waals surface area contributed by atoms with E-state index in [4.69, 9.17) is 4.42 Å². The Balaban J connectivity index is 1.78. The number of thiazole rings is 1. The predicted molar refractivity (Wildman–Crippen MR) is 89.6 cm³/mol. The lowest BCUT2D eigenvalue weighted by atomic mass is 10.2. The molecule has 0 spiro atoms. The van der Waals surface area contributed by atoms with Crippen LogP contribution in [-0.4, -0.2) is 10.9 Å². The third kappa shape index (κ3) is 3.42. The van der Waals surface area contributed by atoms with Gasteiger partial charge in [0.1, 0.15) is 0 Å². The number of carbonyl (C=O) groups is 1. The lowest BCUT2D eigenvalue weighted by Crippen LogP contribution is -2.10. The van der Waals surface area contributed by atoms with Gasteiger partial charge in [0.25, 0.3) is 5.91 Å². The molecule has 0 aliphatic rings. The van der Waals surface area contributed by atoms with Crippen molar-refractivity contribution in [2.75, 3.05) is 5.32 Å². The van der Waals surface area contributed by atoms with Gasteiger partial charge in [0.2, 0.25) is 0 Å². The maximum atomic E-state index is 12.0. The molecule has 4 nitrogen and oxygen atoms in total. The summed E-state index contributed by atoms with van der Waals surface area (Å²) in [6.45, 7) is 0. The molecular formula is C14H8Br2N2O2S. The molecule has 3 aromatic rings. The van der Waals surface area contributed by atoms with E-state index in [0.717, 1.165) is 15.7 Å². The number of nitrogens with one attached hydrogen (secondary N) is 1. The second-order valence-corrected chi connectivity index (χ2v) is 6.66. The van der Waals surface area contributed by atoms with Crippen LogP contribution in [0.1, 0.15) is 10.6 Å². The number of hydrogen-bond acceptors (Lipinski definition) is 4. The summed E-state index contributed by atoms with van der Waals surface area (Å²) in [5.41, 5.74) is 1.80. The number of carbonyl (C=O) groups excluding carboxylic acids is 1. The van der Waals surface area contributed by atoms with E-state index in [0.29, 0.717) is 9.80 Å². The lowest BCUT2D eigenvalue weighted by molar-refractivity contribution is 0.0995. The fourth-order valence-corrected chi connectivity index (χ4v) is 3.13. The Morgan fingerprint density at radius 2 is 2.10 bits per heavy atom. The first kappa shape index (κ1) is 14.5. The van der Waals surface area contributed by atoms with Crippen molar-refractivity contribution in [1.82, 2.24) is 4.98 Å². The highest BCUT2D eigenvalue weighted by Crippen LogP contribution is 2.27. The summed E-state index contributed by atoms with van der Waals surface area (Å²) in [6, 6.07) is 11.1. The molecule has 0 atom stereocenters. The Morgan fingerprint density at radius 1 is 1.24 bits per heavy atom. The average Bonchev–Trinajstić information content (AvgIpc) is 3.08. The van der Waals surface area contributed by atoms with Crippen molar-refractivity contribution in [3.63, 3.8) is 0 Å². The zero-order chi connectivity index (χ0) is 14.8. The van der Waals surface area contributed by atoms with Crippen LogP contribution in [0, 0.1) is 0 Å². The summed E-state index contributed by atoms with van der Waals surface area (Å²) in [6.07, 6.45) is 0. The van der Waals surface area contributed by atoms with Crippen LogP contribution in [0.3, 0.4) is 0 Å². The summed E-state index contributed by atoms with van der Waals surface area (Å²) in [5.74, 6) is -0.0862. The zero-order valence-electron chi connectivity index (χ0n) is 10.5. The molecule has 1 aromatic carbocycles. The van der Waals surface area contributed by atoms with E-state index in [1.807, 2.05) is 29.6 Å². The number of rotatable bonds is 3. The second kappa shape index (κ2) is 6.13. The molecule has 2 heterocycles. The van der Waals surface area contributed by atoms with E-state index < -0.39 is 0 Å². The SMILES string of the molecule is O=C(Nc1nc(-c2cccc(Br)c2)cs1)c1ccc(Br)o1. The topological polar surface area (TPSA) is 55.1 Å². The minimum Gasteiger partial charge on any atom is -0.444 e. The molecule has 0 aliphatic heterocycles. The average molecular weight is 428 g/mol. The molecule has 3 rings (SSSR count). The van der Waals surface area contributed by atoms with E-state index in [1.54, 1.807) is 12.1 Å². The van der Waals surface area contributed by atoms with Gasteiger partial charge in [-0.05, 0) is 40.2 Å². The van der Waals surface area contributed by atoms with Crippen molar-refractivity contribution >= 4 is 54.2 Å². The van der Waals surface area contributed by atoms with Crippen LogP contribution in [0.2, 0.25) is 0 Å². The standard InChI is InChI=1S/C14H8Br2N2O2S/c15-9-3-1-2-8(6-9)10-7-21-14(17-10)18-13(19)11-4-5-12(16)20-11/h1-7H,(H,17,18,19). The van der Waals surface area contributed by atoms with Gasteiger partial charge in [0.05, 0.1) is 5.69 Å². The minimum absolute atomic E-state index is 0.237. The number of amides is 1. The first-order valence-electron chi connectivity index (χ1n) is 5.90. The molecule has 0 fully saturated rings. The minimum atomic E-state index is -0.323. The van der Waals surface area contributed by atoms with Crippen molar-refractivity contribution in [2.45, 2.75) is 0 Å². The summed E-state index contributed by atoms with van der Waals surface area (Å²) in [4.78, 5) is 16.4. The number of aromatic nitrogens is 1. The predicted octanol–water partition coefficient (Wildman–Crippen LogP) is 5.18. The molecule has 7 heteroatoms. The monoisotopic (exact) mass is 426 g/mol. The van der Waals surface area contributed by atoms with Crippen LogP contribution >= 0.6 is 43.2 Å². The molecule has 106 valence electrons. The molecule has 0 aliphatic carbocycles. The van der Waals surface area contributed by atoms with Crippen LogP contribution in [0.25, 0.3) is 11.3 Å². The maximum Gasteiger partial charge on any atom is 0.293 e. The van der Waals surface area contributed by atoms with Gasteiger partial charge in [-0.25, -0.2) is 4.98 Å². The third-order valence-corrected chi connectivity index (χ3v) is 4.32. The van der Waals surface area contributed by atoms with Crippen molar-refractivity contribution in [2.24, 2.45) is 0 Å². The molecule has 2 aromatic heterocycles. The largest absolute Gasteiger partial charge is 0.444 e. The normalized spacial score (nSPS) is 10.6. The summed E-state index contributed by atoms with van der Waals surface area (Å²) in [7, 11) is 0. The molecule has 0 saturated heterocycles. The van der Waals surface area contributed by atoms with Gasteiger partial charge < -0.3 is 4.42 Å². The van der Waals surface area contributed by atoms with Gasteiger partial charge in [-0.1, -0.05) is 28.1 Å². The molecule has 21 heavy (non-hydrogen) atoms. The number of benzene rings is 1. The fourth-order valence-electron chi connectivity index (χ4n) is 1.71. The van der Waals surface area contributed by atoms with Gasteiger partial charge in [-0.15, -0.1) is 11.3 Å². The number of furan rings is 1. The van der Waals surface area contributed by atoms with Gasteiger partial charge in [0, 0.05) is 15.4 Å². The molecule has 0 unspecified atom stereocenters. The molecule has 1 amide bonds. The van der Waals surface area contributed by atoms with Crippen LogP contribution in [0.15, 0.2) is 55.3 Å². The van der Waals surface area contributed by atoms with E-state index in [1.165, 1.54) is 11.3 Å². The van der Waals surface area contributed by atoms with Crippen LogP contribution in [0.5, 0.6) is 0 Å². The summed E-state index contributed by atoms with van der Waals surface area (Å²) >= 11 is 7.96. The number of anilines is 1. The van der Waals surface area contributed by atoms with Gasteiger partial charge in [0.15, 0.2) is 15.6 Å². The number of hydrogen-bond donors (Lipinski definition) is 1. The molecule has 0 bridgehead atoms. The zero-order valence-corrected chi connectivity index (χ0v) is 14.5. The highest BCUT2D eigenvalue weighted by Gasteiger charge is 2.13. The lowest BCUT2D eigenvalue weighted by Gasteiger charge is -1.98. The fraction of sp³-hybridized carbons (Fsp3) is 0. The van der Waals surface area contributed by atoms with Crippen molar-refractivity contribution in [3.05, 3.63) is 56.7 Å². The summed E-state index contributed by atoms with van der Waals surface area (Å²) in [5, 5.41) is 5.15. The van der Waals surface area contributed by atoms with Gasteiger partial charge in [-0.2, -0.15) is 0 Å². The Bertz CT molecular complexity index is 798. The smallest absolute Gasteiger partial charge is 0.293 e. The molecule has 0 saturated carbocycles.